The van der Waals surface area contributed by atoms with Gasteiger partial charge in [-0.25, -0.2) is 13.2 Å². The van der Waals surface area contributed by atoms with E-state index in [1.54, 1.807) is 6.07 Å². The molecular weight excluding hydrogens is 253 g/mol. The molecule has 1 aliphatic rings. The van der Waals surface area contributed by atoms with Gasteiger partial charge in [-0.1, -0.05) is 6.07 Å². The number of halogens is 3. The van der Waals surface area contributed by atoms with E-state index in [9.17, 15) is 13.2 Å². The van der Waals surface area contributed by atoms with Crippen LogP contribution >= 0.6 is 0 Å². The summed E-state index contributed by atoms with van der Waals surface area (Å²) in [5.74, 6) is 2.51. The summed E-state index contributed by atoms with van der Waals surface area (Å²) in [6, 6.07) is 4.34. The highest BCUT2D eigenvalue weighted by atomic mass is 19.3. The highest BCUT2D eigenvalue weighted by Crippen LogP contribution is 2.40. The van der Waals surface area contributed by atoms with Gasteiger partial charge in [0.05, 0.1) is 0 Å². The molecule has 1 fully saturated rings. The normalized spacial score (nSPS) is 23.5. The molecule has 0 bridgehead atoms. The molecule has 1 aromatic carbocycles. The van der Waals surface area contributed by atoms with E-state index < -0.39 is 5.92 Å². The first-order valence-electron chi connectivity index (χ1n) is 6.50. The minimum atomic E-state index is -2.57. The lowest BCUT2D eigenvalue weighted by molar-refractivity contribution is 0.00331. The fourth-order valence-corrected chi connectivity index (χ4v) is 2.81. The molecule has 2 unspecified atom stereocenters. The number of hydrazine groups is 1. The molecule has 0 aliphatic heterocycles. The maximum Gasteiger partial charge on any atom is 0.248 e. The van der Waals surface area contributed by atoms with E-state index in [2.05, 4.69) is 5.43 Å². The van der Waals surface area contributed by atoms with Crippen molar-refractivity contribution in [3.8, 4) is 0 Å². The Morgan fingerprint density at radius 3 is 2.74 bits per heavy atom. The zero-order chi connectivity index (χ0) is 14.0. The molecule has 0 saturated heterocycles. The average molecular weight is 272 g/mol. The topological polar surface area (TPSA) is 38.0 Å². The molecule has 0 aromatic heterocycles. The van der Waals surface area contributed by atoms with Crippen LogP contribution in [0.25, 0.3) is 0 Å². The molecule has 0 heterocycles. The van der Waals surface area contributed by atoms with Crippen LogP contribution in [0.4, 0.5) is 13.2 Å². The third-order valence-electron chi connectivity index (χ3n) is 3.97. The first kappa shape index (κ1) is 14.3. The molecular formula is C14H19F3N2. The van der Waals surface area contributed by atoms with Gasteiger partial charge in [-0.05, 0) is 48.9 Å². The molecule has 2 rings (SSSR count). The number of aryl methyl sites for hydroxylation is 1. The van der Waals surface area contributed by atoms with Gasteiger partial charge in [0, 0.05) is 18.9 Å². The second-order valence-corrected chi connectivity index (χ2v) is 5.41. The molecule has 2 nitrogen and oxygen atoms in total. The van der Waals surface area contributed by atoms with Crippen LogP contribution in [-0.4, -0.2) is 12.0 Å². The molecule has 3 N–H and O–H groups in total. The summed E-state index contributed by atoms with van der Waals surface area (Å²) < 4.78 is 39.5. The Morgan fingerprint density at radius 1 is 1.47 bits per heavy atom. The van der Waals surface area contributed by atoms with Crippen LogP contribution in [0, 0.1) is 18.7 Å². The maximum atomic E-state index is 13.2. The largest absolute Gasteiger partial charge is 0.271 e. The SMILES string of the molecule is Cc1cc(F)ccc1CC(NN)C1CCC(F)(F)C1. The van der Waals surface area contributed by atoms with Gasteiger partial charge in [-0.2, -0.15) is 0 Å². The number of benzene rings is 1. The summed E-state index contributed by atoms with van der Waals surface area (Å²) in [4.78, 5) is 0. The van der Waals surface area contributed by atoms with Crippen LogP contribution in [0.1, 0.15) is 30.4 Å². The van der Waals surface area contributed by atoms with E-state index in [1.807, 2.05) is 6.92 Å². The van der Waals surface area contributed by atoms with E-state index in [0.717, 1.165) is 11.1 Å². The molecule has 5 heteroatoms. The Hall–Kier alpha value is -1.07. The van der Waals surface area contributed by atoms with E-state index in [1.165, 1.54) is 12.1 Å². The summed E-state index contributed by atoms with van der Waals surface area (Å²) in [6.45, 7) is 1.81. The number of rotatable bonds is 4. The van der Waals surface area contributed by atoms with Crippen LogP contribution in [-0.2, 0) is 6.42 Å². The van der Waals surface area contributed by atoms with Crippen molar-refractivity contribution >= 4 is 0 Å². The first-order valence-corrected chi connectivity index (χ1v) is 6.50. The standard InChI is InChI=1S/C14H19F3N2/c1-9-6-12(15)3-2-10(9)7-13(19-18)11-4-5-14(16,17)8-11/h2-3,6,11,13,19H,4-5,7-8,18H2,1H3. The van der Waals surface area contributed by atoms with Crippen molar-refractivity contribution in [2.45, 2.75) is 44.6 Å². The molecule has 1 aromatic rings. The highest BCUT2D eigenvalue weighted by Gasteiger charge is 2.42. The number of nitrogens with two attached hydrogens (primary N) is 1. The predicted molar refractivity (Wildman–Crippen MR) is 68.2 cm³/mol. The fourth-order valence-electron chi connectivity index (χ4n) is 2.81. The monoisotopic (exact) mass is 272 g/mol. The van der Waals surface area contributed by atoms with E-state index in [0.29, 0.717) is 12.8 Å². The lowest BCUT2D eigenvalue weighted by Gasteiger charge is -2.23. The Bertz CT molecular complexity index is 448. The zero-order valence-corrected chi connectivity index (χ0v) is 10.9. The summed E-state index contributed by atoms with van der Waals surface area (Å²) in [5.41, 5.74) is 4.41. The minimum absolute atomic E-state index is 0.0712. The van der Waals surface area contributed by atoms with Gasteiger partial charge in [-0.15, -0.1) is 0 Å². The molecule has 106 valence electrons. The van der Waals surface area contributed by atoms with E-state index in [4.69, 9.17) is 5.84 Å². The van der Waals surface area contributed by atoms with E-state index in [-0.39, 0.29) is 30.6 Å². The molecule has 0 spiro atoms. The predicted octanol–water partition coefficient (Wildman–Crippen LogP) is 2.94. The smallest absolute Gasteiger partial charge is 0.248 e. The Balaban J connectivity index is 2.07. The summed E-state index contributed by atoms with van der Waals surface area (Å²) >= 11 is 0. The van der Waals surface area contributed by atoms with E-state index >= 15 is 0 Å². The number of hydrogen-bond donors (Lipinski definition) is 2. The third kappa shape index (κ3) is 3.48. The number of nitrogens with one attached hydrogen (secondary N) is 1. The van der Waals surface area contributed by atoms with Crippen molar-refractivity contribution in [1.29, 1.82) is 0 Å². The Morgan fingerprint density at radius 2 is 2.21 bits per heavy atom. The van der Waals surface area contributed by atoms with Crippen molar-refractivity contribution in [1.82, 2.24) is 5.43 Å². The van der Waals surface area contributed by atoms with Gasteiger partial charge >= 0.3 is 0 Å². The Kier molecular flexibility index (Phi) is 4.16. The summed E-state index contributed by atoms with van der Waals surface area (Å²) in [7, 11) is 0. The average Bonchev–Trinajstić information content (AvgIpc) is 2.69. The first-order chi connectivity index (χ1) is 8.91. The van der Waals surface area contributed by atoms with Crippen molar-refractivity contribution in [2.24, 2.45) is 11.8 Å². The molecule has 1 saturated carbocycles. The lowest BCUT2D eigenvalue weighted by atomic mass is 9.91. The van der Waals surface area contributed by atoms with Gasteiger partial charge < -0.3 is 0 Å². The van der Waals surface area contributed by atoms with Crippen molar-refractivity contribution in [2.75, 3.05) is 0 Å². The van der Waals surface area contributed by atoms with Crippen LogP contribution < -0.4 is 11.3 Å². The van der Waals surface area contributed by atoms with Crippen LogP contribution in [0.5, 0.6) is 0 Å². The molecule has 2 atom stereocenters. The van der Waals surface area contributed by atoms with Crippen molar-refractivity contribution in [3.63, 3.8) is 0 Å². The minimum Gasteiger partial charge on any atom is -0.271 e. The van der Waals surface area contributed by atoms with Crippen LogP contribution in [0.15, 0.2) is 18.2 Å². The number of alkyl halides is 2. The van der Waals surface area contributed by atoms with Gasteiger partial charge in [0.15, 0.2) is 0 Å². The highest BCUT2D eigenvalue weighted by molar-refractivity contribution is 5.27. The fraction of sp³-hybridized carbons (Fsp3) is 0.571. The second kappa shape index (κ2) is 5.51. The summed E-state index contributed by atoms with van der Waals surface area (Å²) in [6.07, 6.45) is 0.825. The molecule has 0 amide bonds. The quantitative estimate of drug-likeness (QED) is 0.653. The van der Waals surface area contributed by atoms with Crippen LogP contribution in [0.3, 0.4) is 0 Å². The molecule has 19 heavy (non-hydrogen) atoms. The van der Waals surface area contributed by atoms with Gasteiger partial charge in [0.1, 0.15) is 5.82 Å². The second-order valence-electron chi connectivity index (χ2n) is 5.41. The van der Waals surface area contributed by atoms with Crippen molar-refractivity contribution in [3.05, 3.63) is 35.1 Å². The van der Waals surface area contributed by atoms with Gasteiger partial charge in [-0.3, -0.25) is 11.3 Å². The van der Waals surface area contributed by atoms with Crippen LogP contribution in [0.2, 0.25) is 0 Å². The Labute approximate surface area is 111 Å². The lowest BCUT2D eigenvalue weighted by Crippen LogP contribution is -2.42. The number of hydrogen-bond acceptors (Lipinski definition) is 2. The van der Waals surface area contributed by atoms with Gasteiger partial charge in [0.25, 0.3) is 0 Å². The maximum absolute atomic E-state index is 13.2. The summed E-state index contributed by atoms with van der Waals surface area (Å²) in [5, 5.41) is 0. The van der Waals surface area contributed by atoms with Crippen molar-refractivity contribution < 1.29 is 13.2 Å². The third-order valence-corrected chi connectivity index (χ3v) is 3.97. The zero-order valence-electron chi connectivity index (χ0n) is 10.9. The van der Waals surface area contributed by atoms with Gasteiger partial charge in [0.2, 0.25) is 5.92 Å². The molecule has 1 aliphatic carbocycles. The molecule has 0 radical (unpaired) electrons.